The average molecular weight is 539 g/mol. The molecule has 3 aliphatic rings. The Labute approximate surface area is 231 Å². The molecule has 8 nitrogen and oxygen atoms in total. The topological polar surface area (TPSA) is 96.4 Å². The Bertz CT molecular complexity index is 1110. The molecule has 3 saturated heterocycles. The van der Waals surface area contributed by atoms with Crippen molar-refractivity contribution in [3.63, 3.8) is 0 Å². The van der Waals surface area contributed by atoms with E-state index in [4.69, 9.17) is 9.47 Å². The molecule has 1 N–H and O–H groups in total. The Hall–Kier alpha value is -2.97. The van der Waals surface area contributed by atoms with Crippen LogP contribution in [-0.2, 0) is 23.9 Å². The molecule has 2 amide bonds. The van der Waals surface area contributed by atoms with Crippen LogP contribution in [0.1, 0.15) is 56.6 Å². The van der Waals surface area contributed by atoms with E-state index in [0.29, 0.717) is 38.6 Å². The van der Waals surface area contributed by atoms with Crippen molar-refractivity contribution in [2.75, 3.05) is 31.2 Å². The molecule has 8 heteroatoms. The van der Waals surface area contributed by atoms with Crippen LogP contribution in [0.25, 0.3) is 0 Å². The number of anilines is 1. The first-order chi connectivity index (χ1) is 18.7. The van der Waals surface area contributed by atoms with Gasteiger partial charge in [-0.05, 0) is 63.5 Å². The minimum Gasteiger partial charge on any atom is -0.461 e. The highest BCUT2D eigenvalue weighted by atomic mass is 16.6. The van der Waals surface area contributed by atoms with Gasteiger partial charge >= 0.3 is 5.97 Å². The van der Waals surface area contributed by atoms with E-state index in [1.807, 2.05) is 39.0 Å². The standard InChI is InChI=1S/C31H42N2O6/c1-6-17-32(25-21(4)13-12-14-22(25)5)28(36)26-31-16-15-30(8-3,39-31)24(29(37)38-20-7-2)23(31)27(35)33(26)18-10-9-11-19-34/h6-7,12-14,23-24,26,34H,1-2,8-11,15-20H2,3-5H3/t23-,24+,26?,30-,31?/m0/s1. The largest absolute Gasteiger partial charge is 0.461 e. The van der Waals surface area contributed by atoms with Crippen LogP contribution in [0.2, 0.25) is 0 Å². The maximum atomic E-state index is 14.7. The minimum absolute atomic E-state index is 0.0515. The van der Waals surface area contributed by atoms with Gasteiger partial charge in [-0.3, -0.25) is 14.4 Å². The summed E-state index contributed by atoms with van der Waals surface area (Å²) in [5, 5.41) is 9.27. The molecule has 2 bridgehead atoms. The lowest BCUT2D eigenvalue weighted by atomic mass is 9.65. The zero-order valence-electron chi connectivity index (χ0n) is 23.5. The SMILES string of the molecule is C=CCOC(=O)[C@H]1[C@H]2C(=O)N(CCCCCO)C(C(=O)N(CC=C)c3c(C)cccc3C)C23CC[C@]1(CC)O3. The van der Waals surface area contributed by atoms with Gasteiger partial charge in [0.1, 0.15) is 24.2 Å². The molecule has 4 rings (SSSR count). The Morgan fingerprint density at radius 1 is 1.18 bits per heavy atom. The summed E-state index contributed by atoms with van der Waals surface area (Å²) in [6.07, 6.45) is 6.80. The smallest absolute Gasteiger partial charge is 0.313 e. The van der Waals surface area contributed by atoms with Crippen molar-refractivity contribution in [1.82, 2.24) is 4.90 Å². The van der Waals surface area contributed by atoms with Gasteiger partial charge in [0, 0.05) is 25.4 Å². The second kappa shape index (κ2) is 11.6. The molecule has 39 heavy (non-hydrogen) atoms. The van der Waals surface area contributed by atoms with Crippen molar-refractivity contribution < 1.29 is 29.0 Å². The number of ether oxygens (including phenoxy) is 2. The van der Waals surface area contributed by atoms with Crippen molar-refractivity contribution >= 4 is 23.5 Å². The molecule has 0 aliphatic carbocycles. The zero-order valence-corrected chi connectivity index (χ0v) is 23.5. The van der Waals surface area contributed by atoms with Crippen LogP contribution in [0.5, 0.6) is 0 Å². The third kappa shape index (κ3) is 4.72. The van der Waals surface area contributed by atoms with Crippen LogP contribution in [-0.4, -0.2) is 71.3 Å². The zero-order chi connectivity index (χ0) is 28.4. The van der Waals surface area contributed by atoms with E-state index in [2.05, 4.69) is 13.2 Å². The van der Waals surface area contributed by atoms with Crippen LogP contribution in [0, 0.1) is 25.7 Å². The Morgan fingerprint density at radius 3 is 2.51 bits per heavy atom. The predicted molar refractivity (Wildman–Crippen MR) is 149 cm³/mol. The maximum Gasteiger partial charge on any atom is 0.313 e. The Kier molecular flexibility index (Phi) is 8.66. The number of unbranched alkanes of at least 4 members (excludes halogenated alkanes) is 2. The summed E-state index contributed by atoms with van der Waals surface area (Å²) < 4.78 is 12.3. The molecule has 1 aromatic carbocycles. The first-order valence-corrected chi connectivity index (χ1v) is 14.1. The maximum absolute atomic E-state index is 14.7. The van der Waals surface area contributed by atoms with Gasteiger partial charge in [-0.25, -0.2) is 0 Å². The molecule has 0 saturated carbocycles. The van der Waals surface area contributed by atoms with E-state index in [0.717, 1.165) is 23.2 Å². The van der Waals surface area contributed by atoms with Crippen molar-refractivity contribution in [3.05, 3.63) is 54.6 Å². The van der Waals surface area contributed by atoms with Crippen molar-refractivity contribution in [1.29, 1.82) is 0 Å². The fourth-order valence-corrected chi connectivity index (χ4v) is 7.20. The summed E-state index contributed by atoms with van der Waals surface area (Å²) in [6, 6.07) is 5.01. The molecule has 0 radical (unpaired) electrons. The lowest BCUT2D eigenvalue weighted by Gasteiger charge is -2.37. The summed E-state index contributed by atoms with van der Waals surface area (Å²) in [5.41, 5.74) is 0.739. The molecule has 3 aliphatic heterocycles. The molecule has 5 atom stereocenters. The minimum atomic E-state index is -1.12. The number of aliphatic hydroxyl groups is 1. The number of hydrogen-bond acceptors (Lipinski definition) is 6. The van der Waals surface area contributed by atoms with Crippen LogP contribution in [0.4, 0.5) is 5.69 Å². The molecule has 3 fully saturated rings. The summed E-state index contributed by atoms with van der Waals surface area (Å²) in [7, 11) is 0. The van der Waals surface area contributed by atoms with Gasteiger partial charge in [0.2, 0.25) is 5.91 Å². The molecule has 1 spiro atoms. The average Bonchev–Trinajstić information content (AvgIpc) is 3.52. The number of fused-ring (bicyclic) bond motifs is 1. The molecule has 2 unspecified atom stereocenters. The number of hydrogen-bond donors (Lipinski definition) is 1. The van der Waals surface area contributed by atoms with E-state index in [1.54, 1.807) is 15.9 Å². The normalized spacial score (nSPS) is 28.9. The third-order valence-corrected chi connectivity index (χ3v) is 8.86. The third-order valence-electron chi connectivity index (χ3n) is 8.86. The highest BCUT2D eigenvalue weighted by Gasteiger charge is 2.79. The van der Waals surface area contributed by atoms with Gasteiger partial charge in [-0.15, -0.1) is 6.58 Å². The van der Waals surface area contributed by atoms with E-state index < -0.39 is 35.0 Å². The summed E-state index contributed by atoms with van der Waals surface area (Å²) in [5.74, 6) is -2.50. The summed E-state index contributed by atoms with van der Waals surface area (Å²) >= 11 is 0. The number of esters is 1. The second-order valence-electron chi connectivity index (χ2n) is 11.0. The fraction of sp³-hybridized carbons (Fsp3) is 0.581. The van der Waals surface area contributed by atoms with Gasteiger partial charge in [-0.1, -0.05) is 43.9 Å². The fourth-order valence-electron chi connectivity index (χ4n) is 7.20. The Morgan fingerprint density at radius 2 is 1.90 bits per heavy atom. The lowest BCUT2D eigenvalue weighted by molar-refractivity contribution is -0.159. The van der Waals surface area contributed by atoms with E-state index in [1.165, 1.54) is 6.08 Å². The lowest BCUT2D eigenvalue weighted by Crippen LogP contribution is -2.56. The van der Waals surface area contributed by atoms with Crippen molar-refractivity contribution in [2.45, 2.75) is 76.5 Å². The van der Waals surface area contributed by atoms with Crippen LogP contribution >= 0.6 is 0 Å². The molecule has 0 aromatic heterocycles. The highest BCUT2D eigenvalue weighted by Crippen LogP contribution is 2.64. The number of aliphatic hydroxyl groups excluding tert-OH is 1. The van der Waals surface area contributed by atoms with Crippen LogP contribution in [0.3, 0.4) is 0 Å². The first kappa shape index (κ1) is 29.0. The molecule has 1 aromatic rings. The van der Waals surface area contributed by atoms with E-state index in [9.17, 15) is 19.5 Å². The van der Waals surface area contributed by atoms with Crippen molar-refractivity contribution in [2.24, 2.45) is 11.8 Å². The van der Waals surface area contributed by atoms with Crippen LogP contribution < -0.4 is 4.90 Å². The van der Waals surface area contributed by atoms with Gasteiger partial charge in [-0.2, -0.15) is 0 Å². The summed E-state index contributed by atoms with van der Waals surface area (Å²) in [4.78, 5) is 45.7. The summed E-state index contributed by atoms with van der Waals surface area (Å²) in [6.45, 7) is 14.2. The Balaban J connectivity index is 1.81. The first-order valence-electron chi connectivity index (χ1n) is 14.1. The number of nitrogens with zero attached hydrogens (tertiary/aromatic N) is 2. The van der Waals surface area contributed by atoms with Crippen molar-refractivity contribution in [3.8, 4) is 0 Å². The van der Waals surface area contributed by atoms with E-state index >= 15 is 0 Å². The number of aryl methyl sites for hydroxylation is 2. The molecular formula is C31H42N2O6. The van der Waals surface area contributed by atoms with Crippen LogP contribution in [0.15, 0.2) is 43.5 Å². The second-order valence-corrected chi connectivity index (χ2v) is 11.0. The quantitative estimate of drug-likeness (QED) is 0.233. The molecular weight excluding hydrogens is 496 g/mol. The number of likely N-dealkylation sites (tertiary alicyclic amines) is 1. The molecule has 3 heterocycles. The van der Waals surface area contributed by atoms with E-state index in [-0.39, 0.29) is 31.6 Å². The number of amides is 2. The van der Waals surface area contributed by atoms with Gasteiger partial charge in [0.15, 0.2) is 0 Å². The molecule has 212 valence electrons. The highest BCUT2D eigenvalue weighted by molar-refractivity contribution is 6.05. The monoisotopic (exact) mass is 538 g/mol. The number of carbonyl (C=O) groups is 3. The van der Waals surface area contributed by atoms with Gasteiger partial charge < -0.3 is 24.4 Å². The number of rotatable bonds is 13. The number of carbonyl (C=O) groups excluding carboxylic acids is 3. The van der Waals surface area contributed by atoms with Gasteiger partial charge in [0.05, 0.1) is 11.5 Å². The number of benzene rings is 1. The predicted octanol–water partition coefficient (Wildman–Crippen LogP) is 3.87. The van der Waals surface area contributed by atoms with Gasteiger partial charge in [0.25, 0.3) is 5.91 Å². The number of para-hydroxylation sites is 1.